The first-order chi connectivity index (χ1) is 18.6. The van der Waals surface area contributed by atoms with Crippen molar-refractivity contribution >= 4 is 34.2 Å². The summed E-state index contributed by atoms with van der Waals surface area (Å²) in [5.41, 5.74) is 4.04. The Morgan fingerprint density at radius 2 is 1.90 bits per heavy atom. The van der Waals surface area contributed by atoms with Gasteiger partial charge in [0.15, 0.2) is 0 Å². The van der Waals surface area contributed by atoms with Crippen LogP contribution >= 0.6 is 11.6 Å². The lowest BCUT2D eigenvalue weighted by Crippen LogP contribution is -2.43. The third-order valence-electron chi connectivity index (χ3n) is 9.12. The molecule has 6 unspecified atom stereocenters. The van der Waals surface area contributed by atoms with Crippen molar-refractivity contribution in [2.45, 2.75) is 78.4 Å². The summed E-state index contributed by atoms with van der Waals surface area (Å²) in [7, 11) is -1.44. The molecule has 0 aromatic heterocycles. The molecule has 1 saturated carbocycles. The molecule has 7 heteroatoms. The van der Waals surface area contributed by atoms with Crippen LogP contribution in [0, 0.1) is 23.7 Å². The van der Waals surface area contributed by atoms with Crippen LogP contribution in [0.15, 0.2) is 36.4 Å². The number of fused-ring (bicyclic) bond motifs is 1. The van der Waals surface area contributed by atoms with Crippen molar-refractivity contribution in [3.63, 3.8) is 0 Å². The molecule has 0 spiro atoms. The Morgan fingerprint density at radius 1 is 1.15 bits per heavy atom. The van der Waals surface area contributed by atoms with E-state index in [1.807, 2.05) is 25.1 Å². The molecule has 1 heterocycles. The van der Waals surface area contributed by atoms with E-state index in [0.717, 1.165) is 48.8 Å². The Hall–Kier alpha value is -2.05. The highest BCUT2D eigenvalue weighted by Gasteiger charge is 2.37. The van der Waals surface area contributed by atoms with Crippen LogP contribution in [-0.2, 0) is 17.4 Å². The zero-order chi connectivity index (χ0) is 28.3. The quantitative estimate of drug-likeness (QED) is 0.322. The van der Waals surface area contributed by atoms with Gasteiger partial charge >= 0.3 is 0 Å². The zero-order valence-electron chi connectivity index (χ0n) is 24.3. The van der Waals surface area contributed by atoms with E-state index in [2.05, 4.69) is 56.4 Å². The van der Waals surface area contributed by atoms with Crippen molar-refractivity contribution in [3.8, 4) is 5.75 Å². The van der Waals surface area contributed by atoms with Gasteiger partial charge in [0.2, 0.25) is 0 Å². The number of amides is 1. The molecule has 1 aliphatic heterocycles. The van der Waals surface area contributed by atoms with Crippen molar-refractivity contribution in [2.24, 2.45) is 23.7 Å². The SMILES string of the molecule is CCCc1cc(Cl)ccc1C1COc2ccc(C(=O)NS(=O)C(C)C(C)CC)cc2N(CC2C(C)CC2C)C1. The highest BCUT2D eigenvalue weighted by Crippen LogP contribution is 2.43. The molecule has 2 aliphatic rings. The first kappa shape index (κ1) is 29.9. The Bertz CT molecular complexity index is 1180. The first-order valence-electron chi connectivity index (χ1n) is 14.6. The minimum Gasteiger partial charge on any atom is -0.491 e. The summed E-state index contributed by atoms with van der Waals surface area (Å²) in [5.74, 6) is 2.88. The maximum absolute atomic E-state index is 13.2. The van der Waals surface area contributed by atoms with Crippen molar-refractivity contribution in [1.82, 2.24) is 4.72 Å². The third kappa shape index (κ3) is 6.82. The van der Waals surface area contributed by atoms with Gasteiger partial charge < -0.3 is 9.64 Å². The summed E-state index contributed by atoms with van der Waals surface area (Å²) in [5, 5.41) is 0.656. The number of nitrogens with one attached hydrogen (secondary N) is 1. The van der Waals surface area contributed by atoms with Gasteiger partial charge in [-0.15, -0.1) is 0 Å². The summed E-state index contributed by atoms with van der Waals surface area (Å²) >= 11 is 6.38. The van der Waals surface area contributed by atoms with Gasteiger partial charge in [0, 0.05) is 29.6 Å². The number of halogens is 1. The van der Waals surface area contributed by atoms with E-state index < -0.39 is 11.0 Å². The van der Waals surface area contributed by atoms with Gasteiger partial charge in [0.1, 0.15) is 16.7 Å². The number of benzene rings is 2. The minimum atomic E-state index is -1.44. The molecule has 5 nitrogen and oxygen atoms in total. The molecule has 214 valence electrons. The predicted molar refractivity (Wildman–Crippen MR) is 163 cm³/mol. The second-order valence-corrected chi connectivity index (χ2v) is 13.8. The van der Waals surface area contributed by atoms with E-state index in [1.54, 1.807) is 6.07 Å². The molecule has 0 bridgehead atoms. The van der Waals surface area contributed by atoms with Gasteiger partial charge in [-0.25, -0.2) is 4.21 Å². The largest absolute Gasteiger partial charge is 0.491 e. The molecule has 0 saturated heterocycles. The van der Waals surface area contributed by atoms with Gasteiger partial charge in [0.05, 0.1) is 17.5 Å². The van der Waals surface area contributed by atoms with Crippen LogP contribution in [0.25, 0.3) is 0 Å². The van der Waals surface area contributed by atoms with Crippen LogP contribution < -0.4 is 14.4 Å². The zero-order valence-corrected chi connectivity index (χ0v) is 25.9. The van der Waals surface area contributed by atoms with E-state index in [1.165, 1.54) is 17.5 Å². The molecule has 2 aromatic rings. The number of nitrogens with zero attached hydrogens (tertiary/aromatic N) is 1. The smallest absolute Gasteiger partial charge is 0.263 e. The van der Waals surface area contributed by atoms with Gasteiger partial charge in [-0.05, 0) is 84.9 Å². The molecule has 4 rings (SSSR count). The van der Waals surface area contributed by atoms with Crippen LogP contribution in [0.5, 0.6) is 5.75 Å². The van der Waals surface area contributed by atoms with Gasteiger partial charge in [-0.2, -0.15) is 0 Å². The molecule has 1 fully saturated rings. The van der Waals surface area contributed by atoms with E-state index in [-0.39, 0.29) is 23.0 Å². The van der Waals surface area contributed by atoms with E-state index in [4.69, 9.17) is 16.3 Å². The van der Waals surface area contributed by atoms with E-state index in [0.29, 0.717) is 29.9 Å². The highest BCUT2D eigenvalue weighted by molar-refractivity contribution is 7.84. The average molecular weight is 573 g/mol. The third-order valence-corrected chi connectivity index (χ3v) is 10.9. The molecule has 1 N–H and O–H groups in total. The second-order valence-electron chi connectivity index (χ2n) is 11.9. The summed E-state index contributed by atoms with van der Waals surface area (Å²) < 4.78 is 22.0. The number of anilines is 1. The molecule has 39 heavy (non-hydrogen) atoms. The fourth-order valence-corrected chi connectivity index (χ4v) is 7.45. The van der Waals surface area contributed by atoms with Crippen LogP contribution in [-0.4, -0.2) is 35.1 Å². The standard InChI is InChI=1S/C32H45ClN2O3S/c1-7-9-24-15-27(33)11-12-28(24)26-17-35(18-29-21(4)14-22(29)5)30-16-25(10-13-31(30)38-19-26)32(36)34-39(37)23(6)20(3)8-2/h10-13,15-16,20-23,26,29H,7-9,14,17-19H2,1-6H3,(H,34,36). The number of hydrogen-bond acceptors (Lipinski definition) is 4. The lowest BCUT2D eigenvalue weighted by molar-refractivity contribution is 0.0982. The lowest BCUT2D eigenvalue weighted by atomic mass is 9.66. The summed E-state index contributed by atoms with van der Waals surface area (Å²) in [6.45, 7) is 15.3. The lowest BCUT2D eigenvalue weighted by Gasteiger charge is -2.44. The van der Waals surface area contributed by atoms with Gasteiger partial charge in [-0.1, -0.05) is 65.1 Å². The fourth-order valence-electron chi connectivity index (χ4n) is 6.16. The number of ether oxygens (including phenoxy) is 1. The molecule has 1 aliphatic carbocycles. The summed E-state index contributed by atoms with van der Waals surface area (Å²) in [4.78, 5) is 15.6. The Labute approximate surface area is 242 Å². The number of aryl methyl sites for hydroxylation is 1. The number of carbonyl (C=O) groups is 1. The van der Waals surface area contributed by atoms with Gasteiger partial charge in [-0.3, -0.25) is 9.52 Å². The monoisotopic (exact) mass is 572 g/mol. The second kappa shape index (κ2) is 13.1. The highest BCUT2D eigenvalue weighted by atomic mass is 35.5. The normalized spacial score (nSPS) is 24.9. The molecule has 0 radical (unpaired) electrons. The Kier molecular flexibility index (Phi) is 10.0. The minimum absolute atomic E-state index is 0.112. The average Bonchev–Trinajstić information content (AvgIpc) is 3.10. The summed E-state index contributed by atoms with van der Waals surface area (Å²) in [6, 6.07) is 11.9. The molecule has 6 atom stereocenters. The maximum atomic E-state index is 13.2. The number of hydrogen-bond donors (Lipinski definition) is 1. The van der Waals surface area contributed by atoms with E-state index >= 15 is 0 Å². The molecule has 2 aromatic carbocycles. The topological polar surface area (TPSA) is 58.6 Å². The molecule has 1 amide bonds. The fraction of sp³-hybridized carbons (Fsp3) is 0.594. The number of carbonyl (C=O) groups excluding carboxylic acids is 1. The Morgan fingerprint density at radius 3 is 2.56 bits per heavy atom. The van der Waals surface area contributed by atoms with Crippen LogP contribution in [0.4, 0.5) is 5.69 Å². The Balaban J connectivity index is 1.64. The van der Waals surface area contributed by atoms with Crippen molar-refractivity contribution in [3.05, 3.63) is 58.1 Å². The molecular weight excluding hydrogens is 528 g/mol. The van der Waals surface area contributed by atoms with Crippen molar-refractivity contribution in [1.29, 1.82) is 0 Å². The summed E-state index contributed by atoms with van der Waals surface area (Å²) in [6.07, 6.45) is 4.20. The predicted octanol–water partition coefficient (Wildman–Crippen LogP) is 7.40. The first-order valence-corrected chi connectivity index (χ1v) is 16.2. The van der Waals surface area contributed by atoms with Crippen molar-refractivity contribution in [2.75, 3.05) is 24.6 Å². The van der Waals surface area contributed by atoms with Crippen molar-refractivity contribution < 1.29 is 13.7 Å². The molecular formula is C32H45ClN2O3S. The van der Waals surface area contributed by atoms with Gasteiger partial charge in [0.25, 0.3) is 5.91 Å². The van der Waals surface area contributed by atoms with Crippen LogP contribution in [0.1, 0.15) is 88.2 Å². The maximum Gasteiger partial charge on any atom is 0.263 e. The van der Waals surface area contributed by atoms with Crippen LogP contribution in [0.2, 0.25) is 5.02 Å². The van der Waals surface area contributed by atoms with E-state index in [9.17, 15) is 9.00 Å². The number of rotatable bonds is 10. The van der Waals surface area contributed by atoms with Crippen LogP contribution in [0.3, 0.4) is 0 Å².